The number of carboxylic acid groups (broad SMARTS) is 1. The molecule has 2 aromatic heterocycles. The lowest BCUT2D eigenvalue weighted by Crippen LogP contribution is -2.48. The van der Waals surface area contributed by atoms with Crippen molar-refractivity contribution < 1.29 is 32.4 Å². The van der Waals surface area contributed by atoms with Crippen LogP contribution < -0.4 is 4.90 Å². The number of rotatable bonds is 3. The van der Waals surface area contributed by atoms with Crippen molar-refractivity contribution in [2.75, 3.05) is 31.1 Å². The average molecular weight is 400 g/mol. The summed E-state index contributed by atoms with van der Waals surface area (Å²) in [5.41, 5.74) is 1.96. The van der Waals surface area contributed by atoms with E-state index in [2.05, 4.69) is 15.0 Å². The fourth-order valence-electron chi connectivity index (χ4n) is 2.46. The van der Waals surface area contributed by atoms with E-state index in [1.165, 1.54) is 0 Å². The maximum Gasteiger partial charge on any atom is 0.490 e. The lowest BCUT2D eigenvalue weighted by atomic mass is 10.2. The summed E-state index contributed by atoms with van der Waals surface area (Å²) in [6, 6.07) is 5.71. The number of amides is 1. The van der Waals surface area contributed by atoms with Crippen LogP contribution in [0.1, 0.15) is 23.2 Å². The zero-order valence-electron chi connectivity index (χ0n) is 15.0. The number of hydrogen-bond acceptors (Lipinski definition) is 6. The number of piperazine rings is 1. The molecule has 1 aliphatic heterocycles. The predicted molar refractivity (Wildman–Crippen MR) is 91.9 cm³/mol. The maximum absolute atomic E-state index is 12.3. The molecule has 0 aromatic carbocycles. The van der Waals surface area contributed by atoms with Crippen LogP contribution in [0.4, 0.5) is 18.9 Å². The molecule has 0 unspecified atom stereocenters. The van der Waals surface area contributed by atoms with Crippen molar-refractivity contribution in [3.05, 3.63) is 42.0 Å². The first kappa shape index (κ1) is 21.2. The van der Waals surface area contributed by atoms with Crippen LogP contribution in [0, 0.1) is 0 Å². The number of aryl methyl sites for hydroxylation is 1. The molecule has 1 N–H and O–H groups in total. The smallest absolute Gasteiger partial charge is 0.475 e. The molecule has 0 bridgehead atoms. The van der Waals surface area contributed by atoms with Crippen LogP contribution in [0.3, 0.4) is 0 Å². The van der Waals surface area contributed by atoms with Crippen LogP contribution in [-0.2, 0) is 11.2 Å². The minimum atomic E-state index is -5.08. The van der Waals surface area contributed by atoms with Gasteiger partial charge in [-0.2, -0.15) is 13.2 Å². The van der Waals surface area contributed by atoms with Crippen LogP contribution in [0.25, 0.3) is 0 Å². The van der Waals surface area contributed by atoms with E-state index in [-0.39, 0.29) is 5.91 Å². The van der Waals surface area contributed by atoms with Gasteiger partial charge in [-0.25, -0.2) is 4.79 Å². The molecule has 0 atom stereocenters. The van der Waals surface area contributed by atoms with Gasteiger partial charge in [-0.15, -0.1) is 0 Å². The normalized spacial score (nSPS) is 14.3. The zero-order chi connectivity index (χ0) is 20.7. The Kier molecular flexibility index (Phi) is 6.96. The predicted octanol–water partition coefficient (Wildman–Crippen LogP) is 2.23. The number of carboxylic acids is 1. The largest absolute Gasteiger partial charge is 0.490 e. The van der Waals surface area contributed by atoms with Crippen molar-refractivity contribution in [2.24, 2.45) is 0 Å². The number of alkyl halides is 3. The second kappa shape index (κ2) is 9.20. The van der Waals surface area contributed by atoms with E-state index in [1.807, 2.05) is 24.0 Å². The summed E-state index contributed by atoms with van der Waals surface area (Å²) in [5, 5.41) is 11.0. The van der Waals surface area contributed by atoms with Crippen molar-refractivity contribution in [3.63, 3.8) is 0 Å². The summed E-state index contributed by atoms with van der Waals surface area (Å²) in [6.45, 7) is 4.97. The van der Waals surface area contributed by atoms with Gasteiger partial charge in [-0.3, -0.25) is 9.78 Å². The molecule has 2 aromatic rings. The SMILES string of the molecule is CCc1cc(C(=O)N2CCN(c3ccncc3)CC2)on1.O=C(O)C(F)(F)F. The Balaban J connectivity index is 0.000000345. The standard InChI is InChI=1S/C15H18N4O2.C2HF3O2/c1-2-12-11-14(21-17-12)15(20)19-9-7-18(8-10-19)13-3-5-16-6-4-13;3-2(4,5)1(6)7/h3-6,11H,2,7-10H2,1H3;(H,6,7). The summed E-state index contributed by atoms with van der Waals surface area (Å²) in [7, 11) is 0. The third kappa shape index (κ3) is 5.69. The molecule has 152 valence electrons. The van der Waals surface area contributed by atoms with Crippen LogP contribution in [0.2, 0.25) is 0 Å². The Bertz CT molecular complexity index is 787. The number of halogens is 3. The Morgan fingerprint density at radius 2 is 1.75 bits per heavy atom. The Hall–Kier alpha value is -3.11. The molecule has 3 heterocycles. The number of pyridine rings is 1. The summed E-state index contributed by atoms with van der Waals surface area (Å²) in [5.74, 6) is -2.49. The van der Waals surface area contributed by atoms with E-state index in [0.29, 0.717) is 18.8 Å². The molecule has 11 heteroatoms. The number of nitrogens with zero attached hydrogens (tertiary/aromatic N) is 4. The quantitative estimate of drug-likeness (QED) is 0.843. The lowest BCUT2D eigenvalue weighted by molar-refractivity contribution is -0.192. The van der Waals surface area contributed by atoms with E-state index >= 15 is 0 Å². The van der Waals surface area contributed by atoms with Crippen LogP contribution in [0.15, 0.2) is 35.1 Å². The molecule has 8 nitrogen and oxygen atoms in total. The third-order valence-corrected chi connectivity index (χ3v) is 3.97. The van der Waals surface area contributed by atoms with Crippen LogP contribution in [-0.4, -0.2) is 64.4 Å². The number of hydrogen-bond donors (Lipinski definition) is 1. The summed E-state index contributed by atoms with van der Waals surface area (Å²) in [6.07, 6.45) is -0.742. The van der Waals surface area contributed by atoms with Gasteiger partial charge in [0.25, 0.3) is 5.91 Å². The van der Waals surface area contributed by atoms with Crippen molar-refractivity contribution in [3.8, 4) is 0 Å². The van der Waals surface area contributed by atoms with Gasteiger partial charge in [-0.05, 0) is 18.6 Å². The van der Waals surface area contributed by atoms with Crippen LogP contribution in [0.5, 0.6) is 0 Å². The van der Waals surface area contributed by atoms with Crippen molar-refractivity contribution in [2.45, 2.75) is 19.5 Å². The van der Waals surface area contributed by atoms with Gasteiger partial charge in [0.05, 0.1) is 5.69 Å². The lowest BCUT2D eigenvalue weighted by Gasteiger charge is -2.35. The number of anilines is 1. The number of aliphatic carboxylic acids is 1. The summed E-state index contributed by atoms with van der Waals surface area (Å²) < 4.78 is 36.9. The van der Waals surface area contributed by atoms with Gasteiger partial charge in [0.15, 0.2) is 0 Å². The highest BCUT2D eigenvalue weighted by molar-refractivity contribution is 5.91. The minimum Gasteiger partial charge on any atom is -0.475 e. The first-order valence-electron chi connectivity index (χ1n) is 8.42. The monoisotopic (exact) mass is 400 g/mol. The molecular formula is C17H19F3N4O4. The Morgan fingerprint density at radius 3 is 2.21 bits per heavy atom. The molecule has 1 aliphatic rings. The molecule has 1 fully saturated rings. The van der Waals surface area contributed by atoms with Gasteiger partial charge >= 0.3 is 12.1 Å². The van der Waals surface area contributed by atoms with Gasteiger partial charge < -0.3 is 19.4 Å². The fraction of sp³-hybridized carbons (Fsp3) is 0.412. The van der Waals surface area contributed by atoms with E-state index in [9.17, 15) is 18.0 Å². The highest BCUT2D eigenvalue weighted by atomic mass is 19.4. The molecule has 1 saturated heterocycles. The van der Waals surface area contributed by atoms with Gasteiger partial charge in [0, 0.05) is 50.3 Å². The third-order valence-electron chi connectivity index (χ3n) is 3.97. The molecular weight excluding hydrogens is 381 g/mol. The van der Waals surface area contributed by atoms with Gasteiger partial charge in [0.1, 0.15) is 0 Å². The Labute approximate surface area is 158 Å². The van der Waals surface area contributed by atoms with Gasteiger partial charge in [0.2, 0.25) is 5.76 Å². The zero-order valence-corrected chi connectivity index (χ0v) is 15.0. The van der Waals surface area contributed by atoms with E-state index in [0.717, 1.165) is 30.9 Å². The molecule has 0 spiro atoms. The van der Waals surface area contributed by atoms with E-state index in [4.69, 9.17) is 14.4 Å². The van der Waals surface area contributed by atoms with Crippen LogP contribution >= 0.6 is 0 Å². The number of aromatic nitrogens is 2. The van der Waals surface area contributed by atoms with Crippen molar-refractivity contribution >= 4 is 17.6 Å². The maximum atomic E-state index is 12.3. The molecule has 28 heavy (non-hydrogen) atoms. The van der Waals surface area contributed by atoms with E-state index in [1.54, 1.807) is 18.5 Å². The number of carbonyl (C=O) groups is 2. The number of carbonyl (C=O) groups excluding carboxylic acids is 1. The summed E-state index contributed by atoms with van der Waals surface area (Å²) >= 11 is 0. The molecule has 0 saturated carbocycles. The highest BCUT2D eigenvalue weighted by Crippen LogP contribution is 2.16. The highest BCUT2D eigenvalue weighted by Gasteiger charge is 2.38. The molecule has 1 amide bonds. The molecule has 3 rings (SSSR count). The topological polar surface area (TPSA) is 99.8 Å². The fourth-order valence-corrected chi connectivity index (χ4v) is 2.46. The van der Waals surface area contributed by atoms with E-state index < -0.39 is 12.1 Å². The minimum absolute atomic E-state index is 0.0726. The molecule has 0 radical (unpaired) electrons. The Morgan fingerprint density at radius 1 is 1.18 bits per heavy atom. The first-order chi connectivity index (χ1) is 13.2. The molecule has 0 aliphatic carbocycles. The first-order valence-corrected chi connectivity index (χ1v) is 8.42. The second-order valence-electron chi connectivity index (χ2n) is 5.82. The second-order valence-corrected chi connectivity index (χ2v) is 5.82. The van der Waals surface area contributed by atoms with Gasteiger partial charge in [-0.1, -0.05) is 12.1 Å². The summed E-state index contributed by atoms with van der Waals surface area (Å²) in [4.78, 5) is 29.3. The van der Waals surface area contributed by atoms with Crippen molar-refractivity contribution in [1.82, 2.24) is 15.0 Å². The van der Waals surface area contributed by atoms with Crippen molar-refractivity contribution in [1.29, 1.82) is 0 Å². The average Bonchev–Trinajstić information content (AvgIpc) is 3.17.